The van der Waals surface area contributed by atoms with Crippen LogP contribution in [-0.4, -0.2) is 18.7 Å². The molecule has 0 saturated carbocycles. The molecular formula is C19H37NO2. The van der Waals surface area contributed by atoms with Gasteiger partial charge in [-0.1, -0.05) is 77.6 Å². The lowest BCUT2D eigenvalue weighted by atomic mass is 10.0. The minimum absolute atomic E-state index is 0.00942. The van der Waals surface area contributed by atoms with Crippen LogP contribution in [0.4, 0.5) is 0 Å². The van der Waals surface area contributed by atoms with Crippen molar-refractivity contribution >= 4 is 5.97 Å². The van der Waals surface area contributed by atoms with Gasteiger partial charge in [0.1, 0.15) is 0 Å². The number of carbonyl (C=O) groups excluding carboxylic acids is 1. The molecule has 0 amide bonds. The molecule has 1 unspecified atom stereocenters. The molecule has 0 radical (unpaired) electrons. The Bertz CT molecular complexity index is 262. The topological polar surface area (TPSA) is 38.3 Å². The Morgan fingerprint density at radius 2 is 1.45 bits per heavy atom. The van der Waals surface area contributed by atoms with Crippen LogP contribution in [0.1, 0.15) is 103 Å². The zero-order valence-corrected chi connectivity index (χ0v) is 14.7. The lowest BCUT2D eigenvalue weighted by molar-refractivity contribution is -0.149. The largest absolute Gasteiger partial charge is 0.447 e. The molecule has 0 aromatic carbocycles. The van der Waals surface area contributed by atoms with Gasteiger partial charge in [0.2, 0.25) is 0 Å². The van der Waals surface area contributed by atoms with Gasteiger partial charge in [-0.05, 0) is 25.8 Å². The molecule has 0 aromatic heterocycles. The van der Waals surface area contributed by atoms with E-state index in [0.717, 1.165) is 25.8 Å². The monoisotopic (exact) mass is 311 g/mol. The molecule has 22 heavy (non-hydrogen) atoms. The van der Waals surface area contributed by atoms with E-state index in [9.17, 15) is 4.79 Å². The van der Waals surface area contributed by atoms with Crippen molar-refractivity contribution in [1.82, 2.24) is 5.32 Å². The summed E-state index contributed by atoms with van der Waals surface area (Å²) in [5.74, 6) is -0.0218. The van der Waals surface area contributed by atoms with Gasteiger partial charge >= 0.3 is 5.97 Å². The molecule has 1 atom stereocenters. The molecule has 1 rings (SSSR count). The van der Waals surface area contributed by atoms with Crippen LogP contribution < -0.4 is 5.32 Å². The van der Waals surface area contributed by atoms with E-state index in [1.807, 2.05) is 0 Å². The molecule has 1 aliphatic rings. The van der Waals surface area contributed by atoms with Gasteiger partial charge in [0, 0.05) is 6.42 Å². The third kappa shape index (κ3) is 11.1. The van der Waals surface area contributed by atoms with Crippen LogP contribution in [-0.2, 0) is 9.53 Å². The summed E-state index contributed by atoms with van der Waals surface area (Å²) in [6, 6.07) is 0. The fourth-order valence-corrected chi connectivity index (χ4v) is 3.08. The van der Waals surface area contributed by atoms with Crippen LogP contribution in [0.15, 0.2) is 0 Å². The Labute approximate surface area is 137 Å². The van der Waals surface area contributed by atoms with Gasteiger partial charge in [-0.25, -0.2) is 0 Å². The fourth-order valence-electron chi connectivity index (χ4n) is 3.08. The lowest BCUT2D eigenvalue weighted by Crippen LogP contribution is -2.27. The average Bonchev–Trinajstić information content (AvgIpc) is 3.01. The van der Waals surface area contributed by atoms with Crippen molar-refractivity contribution in [2.75, 3.05) is 6.54 Å². The quantitative estimate of drug-likeness (QED) is 0.348. The van der Waals surface area contributed by atoms with Crippen LogP contribution in [0.3, 0.4) is 0 Å². The Balaban J connectivity index is 1.75. The second-order valence-corrected chi connectivity index (χ2v) is 6.71. The van der Waals surface area contributed by atoms with Crippen molar-refractivity contribution < 1.29 is 9.53 Å². The van der Waals surface area contributed by atoms with Gasteiger partial charge in [0.15, 0.2) is 6.23 Å². The zero-order chi connectivity index (χ0) is 15.9. The highest BCUT2D eigenvalue weighted by atomic mass is 16.6. The summed E-state index contributed by atoms with van der Waals surface area (Å²) < 4.78 is 5.36. The van der Waals surface area contributed by atoms with E-state index < -0.39 is 0 Å². The van der Waals surface area contributed by atoms with Crippen LogP contribution in [0, 0.1) is 0 Å². The highest BCUT2D eigenvalue weighted by Crippen LogP contribution is 2.13. The molecule has 1 heterocycles. The van der Waals surface area contributed by atoms with E-state index in [1.54, 1.807) is 0 Å². The van der Waals surface area contributed by atoms with E-state index >= 15 is 0 Å². The molecule has 1 aliphatic heterocycles. The molecule has 130 valence electrons. The highest BCUT2D eigenvalue weighted by molar-refractivity contribution is 5.69. The summed E-state index contributed by atoms with van der Waals surface area (Å²) in [7, 11) is 0. The Morgan fingerprint density at radius 1 is 0.909 bits per heavy atom. The van der Waals surface area contributed by atoms with Crippen molar-refractivity contribution in [3.8, 4) is 0 Å². The number of carbonyl (C=O) groups is 1. The number of rotatable bonds is 14. The first-order valence-electron chi connectivity index (χ1n) is 9.76. The molecule has 0 aromatic rings. The van der Waals surface area contributed by atoms with E-state index in [-0.39, 0.29) is 12.2 Å². The maximum atomic E-state index is 11.6. The SMILES string of the molecule is CCCCCCCCCCCCCCC(=O)OC1CCCN1. The normalized spacial score (nSPS) is 17.8. The molecule has 0 bridgehead atoms. The Hall–Kier alpha value is -0.570. The molecular weight excluding hydrogens is 274 g/mol. The fraction of sp³-hybridized carbons (Fsp3) is 0.947. The zero-order valence-electron chi connectivity index (χ0n) is 14.7. The number of unbranched alkanes of at least 4 members (excludes halogenated alkanes) is 11. The van der Waals surface area contributed by atoms with Crippen LogP contribution in [0.25, 0.3) is 0 Å². The molecule has 1 saturated heterocycles. The Kier molecular flexibility index (Phi) is 12.4. The third-order valence-electron chi connectivity index (χ3n) is 4.52. The molecule has 0 aliphatic carbocycles. The second-order valence-electron chi connectivity index (χ2n) is 6.71. The maximum Gasteiger partial charge on any atom is 0.307 e. The van der Waals surface area contributed by atoms with Crippen LogP contribution >= 0.6 is 0 Å². The number of hydrogen-bond acceptors (Lipinski definition) is 3. The number of ether oxygens (including phenoxy) is 1. The smallest absolute Gasteiger partial charge is 0.307 e. The summed E-state index contributed by atoms with van der Waals surface area (Å²) in [5, 5.41) is 3.19. The summed E-state index contributed by atoms with van der Waals surface area (Å²) >= 11 is 0. The first-order chi connectivity index (χ1) is 10.8. The van der Waals surface area contributed by atoms with Crippen molar-refractivity contribution in [1.29, 1.82) is 0 Å². The van der Waals surface area contributed by atoms with Crippen molar-refractivity contribution in [2.45, 2.75) is 109 Å². The van der Waals surface area contributed by atoms with Crippen molar-refractivity contribution in [2.24, 2.45) is 0 Å². The van der Waals surface area contributed by atoms with Crippen molar-refractivity contribution in [3.63, 3.8) is 0 Å². The standard InChI is InChI=1S/C19H37NO2/c1-2-3-4-5-6-7-8-9-10-11-12-13-16-19(21)22-18-15-14-17-20-18/h18,20H,2-17H2,1H3. The van der Waals surface area contributed by atoms with Gasteiger partial charge in [-0.15, -0.1) is 0 Å². The van der Waals surface area contributed by atoms with Crippen LogP contribution in [0.5, 0.6) is 0 Å². The molecule has 1 fully saturated rings. The van der Waals surface area contributed by atoms with Crippen molar-refractivity contribution in [3.05, 3.63) is 0 Å². The lowest BCUT2D eigenvalue weighted by Gasteiger charge is -2.11. The second kappa shape index (κ2) is 14.0. The summed E-state index contributed by atoms with van der Waals surface area (Å²) in [4.78, 5) is 11.6. The molecule has 1 N–H and O–H groups in total. The van der Waals surface area contributed by atoms with Gasteiger partial charge in [-0.2, -0.15) is 0 Å². The predicted molar refractivity (Wildman–Crippen MR) is 92.8 cm³/mol. The molecule has 3 nitrogen and oxygen atoms in total. The summed E-state index contributed by atoms with van der Waals surface area (Å²) in [6.07, 6.45) is 18.6. The minimum Gasteiger partial charge on any atom is -0.447 e. The number of nitrogens with one attached hydrogen (secondary N) is 1. The highest BCUT2D eigenvalue weighted by Gasteiger charge is 2.17. The summed E-state index contributed by atoms with van der Waals surface area (Å²) in [5.41, 5.74) is 0. The molecule has 3 heteroatoms. The number of hydrogen-bond donors (Lipinski definition) is 1. The van der Waals surface area contributed by atoms with Gasteiger partial charge in [0.25, 0.3) is 0 Å². The maximum absolute atomic E-state index is 11.6. The van der Waals surface area contributed by atoms with Gasteiger partial charge in [0.05, 0.1) is 0 Å². The summed E-state index contributed by atoms with van der Waals surface area (Å²) in [6.45, 7) is 3.25. The van der Waals surface area contributed by atoms with Gasteiger partial charge < -0.3 is 4.74 Å². The first kappa shape index (κ1) is 19.5. The Morgan fingerprint density at radius 3 is 1.95 bits per heavy atom. The van der Waals surface area contributed by atoms with E-state index in [2.05, 4.69) is 12.2 Å². The minimum atomic E-state index is -0.0218. The van der Waals surface area contributed by atoms with Crippen LogP contribution in [0.2, 0.25) is 0 Å². The average molecular weight is 312 g/mol. The van der Waals surface area contributed by atoms with E-state index in [4.69, 9.17) is 4.74 Å². The third-order valence-corrected chi connectivity index (χ3v) is 4.52. The van der Waals surface area contributed by atoms with E-state index in [1.165, 1.54) is 70.6 Å². The van der Waals surface area contributed by atoms with Gasteiger partial charge in [-0.3, -0.25) is 10.1 Å². The van der Waals surface area contributed by atoms with E-state index in [0.29, 0.717) is 6.42 Å². The molecule has 0 spiro atoms. The first-order valence-corrected chi connectivity index (χ1v) is 9.76. The number of esters is 1. The predicted octanol–water partition coefficient (Wildman–Crippen LogP) is 5.33.